The van der Waals surface area contributed by atoms with E-state index < -0.39 is 0 Å². The highest BCUT2D eigenvalue weighted by molar-refractivity contribution is 7.24. The molecule has 4 nitrogen and oxygen atoms in total. The molecule has 4 aromatic rings. The van der Waals surface area contributed by atoms with Crippen LogP contribution in [0.5, 0.6) is 0 Å². The van der Waals surface area contributed by atoms with Crippen LogP contribution in [-0.4, -0.2) is 16.1 Å². The Hall–Kier alpha value is -2.94. The molecule has 4 rings (SSSR count). The fourth-order valence-electron chi connectivity index (χ4n) is 3.42. The fraction of sp³-hybridized carbons (Fsp3) is 0.143. The van der Waals surface area contributed by atoms with Gasteiger partial charge in [-0.2, -0.15) is 5.26 Å². The third-order valence-corrected chi connectivity index (χ3v) is 5.70. The SMILES string of the molecule is N#Cc1c(CCCO)c(-c2ccccc2)c(=N)n2c1sc1ccccc12. The number of thiazole rings is 1. The summed E-state index contributed by atoms with van der Waals surface area (Å²) in [6.45, 7) is 0.0596. The zero-order valence-electron chi connectivity index (χ0n) is 14.1. The van der Waals surface area contributed by atoms with E-state index in [1.54, 1.807) is 0 Å². The molecule has 0 saturated carbocycles. The summed E-state index contributed by atoms with van der Waals surface area (Å²) in [6.07, 6.45) is 1.13. The summed E-state index contributed by atoms with van der Waals surface area (Å²) in [6, 6.07) is 20.1. The first-order chi connectivity index (χ1) is 12.8. The molecule has 0 fully saturated rings. The molecule has 0 radical (unpaired) electrons. The van der Waals surface area contributed by atoms with Gasteiger partial charge in [0, 0.05) is 12.2 Å². The van der Waals surface area contributed by atoms with E-state index in [9.17, 15) is 10.4 Å². The largest absolute Gasteiger partial charge is 0.396 e. The second-order valence-electron chi connectivity index (χ2n) is 6.09. The van der Waals surface area contributed by atoms with Crippen molar-refractivity contribution >= 4 is 26.4 Å². The predicted molar refractivity (Wildman–Crippen MR) is 104 cm³/mol. The highest BCUT2D eigenvalue weighted by atomic mass is 32.1. The number of aromatic nitrogens is 1. The van der Waals surface area contributed by atoms with Crippen LogP contribution < -0.4 is 5.49 Å². The Labute approximate surface area is 154 Å². The van der Waals surface area contributed by atoms with Crippen molar-refractivity contribution in [1.82, 2.24) is 4.40 Å². The van der Waals surface area contributed by atoms with Gasteiger partial charge in [-0.1, -0.05) is 42.5 Å². The van der Waals surface area contributed by atoms with E-state index in [2.05, 4.69) is 6.07 Å². The van der Waals surface area contributed by atoms with E-state index >= 15 is 0 Å². The van der Waals surface area contributed by atoms with Crippen molar-refractivity contribution in [1.29, 1.82) is 10.7 Å². The summed E-state index contributed by atoms with van der Waals surface area (Å²) in [7, 11) is 0. The molecule has 0 spiro atoms. The van der Waals surface area contributed by atoms with E-state index in [1.165, 1.54) is 11.3 Å². The number of nitriles is 1. The minimum atomic E-state index is 0.0596. The molecule has 0 saturated heterocycles. The minimum Gasteiger partial charge on any atom is -0.396 e. The Morgan fingerprint density at radius 1 is 1.08 bits per heavy atom. The number of nitrogens with one attached hydrogen (secondary N) is 1. The second kappa shape index (κ2) is 6.75. The molecule has 5 heteroatoms. The van der Waals surface area contributed by atoms with Crippen LogP contribution in [0.15, 0.2) is 54.6 Å². The molecule has 2 N–H and O–H groups in total. The van der Waals surface area contributed by atoms with Crippen LogP contribution in [0.2, 0.25) is 0 Å². The second-order valence-corrected chi connectivity index (χ2v) is 7.12. The lowest BCUT2D eigenvalue weighted by molar-refractivity contribution is 0.288. The summed E-state index contributed by atoms with van der Waals surface area (Å²) in [5, 5.41) is 28.2. The average molecular weight is 359 g/mol. The third kappa shape index (κ3) is 2.51. The number of hydrogen-bond donors (Lipinski definition) is 2. The van der Waals surface area contributed by atoms with E-state index in [0.717, 1.165) is 31.7 Å². The lowest BCUT2D eigenvalue weighted by Gasteiger charge is -2.14. The molecule has 128 valence electrons. The van der Waals surface area contributed by atoms with Gasteiger partial charge in [-0.3, -0.25) is 9.81 Å². The number of fused-ring (bicyclic) bond motifs is 3. The van der Waals surface area contributed by atoms with Crippen LogP contribution >= 0.6 is 11.3 Å². The van der Waals surface area contributed by atoms with Gasteiger partial charge >= 0.3 is 0 Å². The van der Waals surface area contributed by atoms with Crippen LogP contribution in [-0.2, 0) is 6.42 Å². The molecule has 0 aliphatic carbocycles. The topological polar surface area (TPSA) is 72.3 Å². The third-order valence-electron chi connectivity index (χ3n) is 4.55. The number of aliphatic hydroxyl groups excluding tert-OH is 1. The van der Waals surface area contributed by atoms with Crippen LogP contribution in [0, 0.1) is 16.7 Å². The van der Waals surface area contributed by atoms with Crippen molar-refractivity contribution in [3.05, 3.63) is 71.2 Å². The Bertz CT molecular complexity index is 1200. The molecule has 2 aromatic heterocycles. The van der Waals surface area contributed by atoms with Gasteiger partial charge in [0.1, 0.15) is 16.4 Å². The van der Waals surface area contributed by atoms with Crippen molar-refractivity contribution in [2.75, 3.05) is 6.61 Å². The Morgan fingerprint density at radius 2 is 1.81 bits per heavy atom. The lowest BCUT2D eigenvalue weighted by Crippen LogP contribution is -2.19. The van der Waals surface area contributed by atoms with Crippen molar-refractivity contribution < 1.29 is 5.11 Å². The van der Waals surface area contributed by atoms with Crippen LogP contribution in [0.4, 0.5) is 0 Å². The van der Waals surface area contributed by atoms with Crippen molar-refractivity contribution in [2.45, 2.75) is 12.8 Å². The van der Waals surface area contributed by atoms with E-state index in [0.29, 0.717) is 23.9 Å². The molecule has 0 aliphatic heterocycles. The number of aliphatic hydroxyl groups is 1. The maximum absolute atomic E-state index is 9.92. The molecule has 0 aliphatic rings. The number of para-hydroxylation sites is 1. The highest BCUT2D eigenvalue weighted by Gasteiger charge is 2.20. The number of rotatable bonds is 4. The summed E-state index contributed by atoms with van der Waals surface area (Å²) >= 11 is 1.54. The molecular formula is C21H17N3OS. The smallest absolute Gasteiger partial charge is 0.138 e. The van der Waals surface area contributed by atoms with E-state index in [4.69, 9.17) is 5.41 Å². The molecule has 0 atom stereocenters. The van der Waals surface area contributed by atoms with Gasteiger partial charge in [-0.05, 0) is 36.1 Å². The predicted octanol–water partition coefficient (Wildman–Crippen LogP) is 4.10. The van der Waals surface area contributed by atoms with Crippen molar-refractivity contribution in [2.24, 2.45) is 0 Å². The van der Waals surface area contributed by atoms with Gasteiger partial charge < -0.3 is 5.11 Å². The van der Waals surface area contributed by atoms with Gasteiger partial charge in [0.05, 0.1) is 15.8 Å². The first kappa shape index (κ1) is 16.5. The molecule has 0 amide bonds. The molecule has 2 aromatic carbocycles. The minimum absolute atomic E-state index is 0.0596. The maximum Gasteiger partial charge on any atom is 0.138 e. The summed E-state index contributed by atoms with van der Waals surface area (Å²) < 4.78 is 2.93. The van der Waals surface area contributed by atoms with Gasteiger partial charge in [0.2, 0.25) is 0 Å². The number of hydrogen-bond acceptors (Lipinski definition) is 4. The first-order valence-electron chi connectivity index (χ1n) is 8.46. The van der Waals surface area contributed by atoms with Crippen molar-refractivity contribution in [3.63, 3.8) is 0 Å². The molecule has 2 heterocycles. The highest BCUT2D eigenvalue weighted by Crippen LogP contribution is 2.33. The quantitative estimate of drug-likeness (QED) is 0.576. The standard InChI is InChI=1S/C21H17N3OS/c22-13-16-15(9-6-12-25)19(14-7-2-1-3-8-14)20(23)24-17-10-4-5-11-18(17)26-21(16)24/h1-5,7-8,10-11,23,25H,6,9,12H2. The summed E-state index contributed by atoms with van der Waals surface area (Å²) in [5.41, 5.74) is 4.48. The number of benzene rings is 2. The summed E-state index contributed by atoms with van der Waals surface area (Å²) in [4.78, 5) is 0.798. The summed E-state index contributed by atoms with van der Waals surface area (Å²) in [5.74, 6) is 0. The molecule has 0 bridgehead atoms. The van der Waals surface area contributed by atoms with E-state index in [1.807, 2.05) is 59.0 Å². The monoisotopic (exact) mass is 359 g/mol. The number of pyridine rings is 1. The van der Waals surface area contributed by atoms with E-state index in [-0.39, 0.29) is 6.61 Å². The zero-order chi connectivity index (χ0) is 18.1. The van der Waals surface area contributed by atoms with Crippen molar-refractivity contribution in [3.8, 4) is 17.2 Å². The Kier molecular flexibility index (Phi) is 4.29. The molecular weight excluding hydrogens is 342 g/mol. The molecule has 26 heavy (non-hydrogen) atoms. The normalized spacial score (nSPS) is 11.1. The van der Waals surface area contributed by atoms with Gasteiger partial charge in [0.25, 0.3) is 0 Å². The first-order valence-corrected chi connectivity index (χ1v) is 9.28. The van der Waals surface area contributed by atoms with Gasteiger partial charge in [-0.25, -0.2) is 0 Å². The average Bonchev–Trinajstić information content (AvgIpc) is 3.06. The number of nitrogens with zero attached hydrogens (tertiary/aromatic N) is 2. The molecule has 0 unspecified atom stereocenters. The van der Waals surface area contributed by atoms with Crippen LogP contribution in [0.25, 0.3) is 26.2 Å². The van der Waals surface area contributed by atoms with Gasteiger partial charge in [0.15, 0.2) is 0 Å². The Morgan fingerprint density at radius 3 is 2.54 bits per heavy atom. The zero-order valence-corrected chi connectivity index (χ0v) is 14.9. The van der Waals surface area contributed by atoms with Crippen LogP contribution in [0.3, 0.4) is 0 Å². The van der Waals surface area contributed by atoms with Crippen LogP contribution in [0.1, 0.15) is 17.5 Å². The lowest BCUT2D eigenvalue weighted by atomic mass is 9.94. The Balaban J connectivity index is 2.20. The maximum atomic E-state index is 9.92. The van der Waals surface area contributed by atoms with Gasteiger partial charge in [-0.15, -0.1) is 11.3 Å². The fourth-order valence-corrected chi connectivity index (χ4v) is 4.59.